The van der Waals surface area contributed by atoms with E-state index in [2.05, 4.69) is 4.74 Å². The molecule has 0 fully saturated rings. The Hall–Kier alpha value is -1.68. The van der Waals surface area contributed by atoms with Gasteiger partial charge < -0.3 is 14.9 Å². The summed E-state index contributed by atoms with van der Waals surface area (Å²) in [5.74, 6) is -4.52. The monoisotopic (exact) mass is 283 g/mol. The van der Waals surface area contributed by atoms with E-state index in [0.717, 1.165) is 7.11 Å². The fourth-order valence-corrected chi connectivity index (χ4v) is 2.12. The minimum Gasteiger partial charge on any atom is -0.481 e. The third-order valence-corrected chi connectivity index (χ3v) is 3.19. The van der Waals surface area contributed by atoms with Crippen molar-refractivity contribution in [1.82, 2.24) is 4.72 Å². The molecule has 0 aromatic heterocycles. The van der Waals surface area contributed by atoms with E-state index in [1.807, 2.05) is 0 Å². The van der Waals surface area contributed by atoms with E-state index in [0.29, 0.717) is 0 Å². The first-order valence-corrected chi connectivity index (χ1v) is 6.34. The maximum atomic E-state index is 11.4. The van der Waals surface area contributed by atoms with E-state index < -0.39 is 52.6 Å². The maximum Gasteiger partial charge on any atom is 0.322 e. The number of hydrogen-bond acceptors (Lipinski definition) is 6. The number of methoxy groups -OCH3 is 1. The van der Waals surface area contributed by atoms with Crippen molar-refractivity contribution in [2.45, 2.75) is 18.9 Å². The minimum absolute atomic E-state index is 0.453. The zero-order valence-corrected chi connectivity index (χ0v) is 10.3. The van der Waals surface area contributed by atoms with Crippen LogP contribution in [0, 0.1) is 0 Å². The average Bonchev–Trinajstić information content (AvgIpc) is 2.24. The molecule has 18 heavy (non-hydrogen) atoms. The lowest BCUT2D eigenvalue weighted by Crippen LogP contribution is -2.43. The van der Waals surface area contributed by atoms with E-state index >= 15 is 0 Å². The Labute approximate surface area is 103 Å². The second-order valence-electron chi connectivity index (χ2n) is 3.25. The number of ether oxygens (including phenoxy) is 1. The molecule has 0 radical (unpaired) electrons. The van der Waals surface area contributed by atoms with Crippen molar-refractivity contribution in [3.8, 4) is 0 Å². The number of carbonyl (C=O) groups is 3. The highest BCUT2D eigenvalue weighted by molar-refractivity contribution is 7.89. The lowest BCUT2D eigenvalue weighted by molar-refractivity contribution is -0.145. The predicted octanol–water partition coefficient (Wildman–Crippen LogP) is -1.60. The fourth-order valence-electron chi connectivity index (χ4n) is 0.949. The van der Waals surface area contributed by atoms with Crippen molar-refractivity contribution in [2.75, 3.05) is 12.9 Å². The zero-order chi connectivity index (χ0) is 14.3. The number of carboxylic acids is 2. The number of esters is 1. The molecule has 0 spiro atoms. The normalized spacial score (nSPS) is 12.7. The maximum absolute atomic E-state index is 11.4. The van der Waals surface area contributed by atoms with Gasteiger partial charge in [-0.3, -0.25) is 14.4 Å². The van der Waals surface area contributed by atoms with E-state index in [4.69, 9.17) is 10.2 Å². The van der Waals surface area contributed by atoms with Crippen LogP contribution in [0.4, 0.5) is 0 Å². The van der Waals surface area contributed by atoms with Crippen molar-refractivity contribution >= 4 is 27.9 Å². The van der Waals surface area contributed by atoms with Gasteiger partial charge in [-0.1, -0.05) is 0 Å². The van der Waals surface area contributed by atoms with Gasteiger partial charge in [0.15, 0.2) is 0 Å². The Kier molecular flexibility index (Phi) is 6.27. The number of rotatable bonds is 8. The van der Waals surface area contributed by atoms with Gasteiger partial charge in [0.1, 0.15) is 6.04 Å². The van der Waals surface area contributed by atoms with Crippen LogP contribution < -0.4 is 4.72 Å². The van der Waals surface area contributed by atoms with Crippen LogP contribution in [0.25, 0.3) is 0 Å². The van der Waals surface area contributed by atoms with Crippen LogP contribution in [0.3, 0.4) is 0 Å². The molecule has 0 saturated heterocycles. The van der Waals surface area contributed by atoms with Crippen LogP contribution in [0.5, 0.6) is 0 Å². The Balaban J connectivity index is 4.56. The summed E-state index contributed by atoms with van der Waals surface area (Å²) in [4.78, 5) is 31.7. The third kappa shape index (κ3) is 6.81. The third-order valence-electron chi connectivity index (χ3n) is 1.80. The van der Waals surface area contributed by atoms with Gasteiger partial charge in [0.2, 0.25) is 10.0 Å². The van der Waals surface area contributed by atoms with Crippen LogP contribution in [0.15, 0.2) is 0 Å². The Morgan fingerprint density at radius 2 is 1.83 bits per heavy atom. The van der Waals surface area contributed by atoms with Crippen molar-refractivity contribution in [2.24, 2.45) is 0 Å². The molecule has 0 aromatic rings. The Morgan fingerprint density at radius 3 is 2.22 bits per heavy atom. The van der Waals surface area contributed by atoms with Gasteiger partial charge >= 0.3 is 17.9 Å². The molecule has 3 N–H and O–H groups in total. The second-order valence-corrected chi connectivity index (χ2v) is 5.12. The second kappa shape index (κ2) is 6.91. The van der Waals surface area contributed by atoms with Crippen LogP contribution in [0.2, 0.25) is 0 Å². The van der Waals surface area contributed by atoms with Crippen molar-refractivity contribution in [3.05, 3.63) is 0 Å². The number of aliphatic carboxylic acids is 2. The zero-order valence-electron chi connectivity index (χ0n) is 9.45. The molecule has 0 amide bonds. The van der Waals surface area contributed by atoms with Crippen LogP contribution in [-0.2, 0) is 29.1 Å². The lowest BCUT2D eigenvalue weighted by Gasteiger charge is -2.12. The average molecular weight is 283 g/mol. The number of sulfonamides is 1. The van der Waals surface area contributed by atoms with E-state index in [1.165, 1.54) is 0 Å². The van der Waals surface area contributed by atoms with Crippen LogP contribution in [-0.4, -0.2) is 55.4 Å². The predicted molar refractivity (Wildman–Crippen MR) is 57.2 cm³/mol. The first kappa shape index (κ1) is 16.3. The van der Waals surface area contributed by atoms with Crippen molar-refractivity contribution in [1.29, 1.82) is 0 Å². The van der Waals surface area contributed by atoms with Crippen LogP contribution >= 0.6 is 0 Å². The van der Waals surface area contributed by atoms with E-state index in [1.54, 1.807) is 4.72 Å². The van der Waals surface area contributed by atoms with Gasteiger partial charge in [-0.25, -0.2) is 13.1 Å². The highest BCUT2D eigenvalue weighted by atomic mass is 32.2. The minimum atomic E-state index is -4.07. The molecule has 10 heteroatoms. The number of nitrogens with one attached hydrogen (secondary N) is 1. The largest absolute Gasteiger partial charge is 0.481 e. The van der Waals surface area contributed by atoms with Gasteiger partial charge in [0.25, 0.3) is 0 Å². The summed E-state index contributed by atoms with van der Waals surface area (Å²) in [7, 11) is -3.00. The SMILES string of the molecule is COC(=O)CCS(=O)(=O)N[C@H](CC(=O)O)C(=O)O. The topological polar surface area (TPSA) is 147 Å². The molecular weight excluding hydrogens is 270 g/mol. The molecule has 104 valence electrons. The lowest BCUT2D eigenvalue weighted by atomic mass is 10.2. The smallest absolute Gasteiger partial charge is 0.322 e. The quantitative estimate of drug-likeness (QED) is 0.451. The first-order valence-electron chi connectivity index (χ1n) is 4.69. The van der Waals surface area contributed by atoms with Crippen molar-refractivity contribution in [3.63, 3.8) is 0 Å². The summed E-state index contributed by atoms with van der Waals surface area (Å²) in [5, 5.41) is 17.0. The molecule has 0 aliphatic carbocycles. The first-order chi connectivity index (χ1) is 8.18. The molecule has 0 aliphatic heterocycles. The Morgan fingerprint density at radius 1 is 1.28 bits per heavy atom. The molecule has 9 nitrogen and oxygen atoms in total. The fraction of sp³-hybridized carbons (Fsp3) is 0.625. The van der Waals surface area contributed by atoms with Gasteiger partial charge in [0.05, 0.1) is 25.7 Å². The molecular formula is C8H13NO8S. The summed E-state index contributed by atoms with van der Waals surface area (Å²) >= 11 is 0. The molecule has 0 bridgehead atoms. The summed E-state index contributed by atoms with van der Waals surface area (Å²) in [5.41, 5.74) is 0. The van der Waals surface area contributed by atoms with Crippen LogP contribution in [0.1, 0.15) is 12.8 Å². The summed E-state index contributed by atoms with van der Waals surface area (Å²) in [6, 6.07) is -1.77. The standard InChI is InChI=1S/C8H13NO8S/c1-17-7(12)2-3-18(15,16)9-5(8(13)14)4-6(10)11/h5,9H,2-4H2,1H3,(H,10,11)(H,13,14)/t5-/m1/s1. The highest BCUT2D eigenvalue weighted by Crippen LogP contribution is 1.99. The summed E-state index contributed by atoms with van der Waals surface area (Å²) < 4.78 is 28.7. The summed E-state index contributed by atoms with van der Waals surface area (Å²) in [6.07, 6.45) is -1.35. The number of hydrogen-bond donors (Lipinski definition) is 3. The molecule has 0 aliphatic rings. The molecule has 0 unspecified atom stereocenters. The molecule has 0 rings (SSSR count). The molecule has 0 heterocycles. The van der Waals surface area contributed by atoms with Gasteiger partial charge in [-0.15, -0.1) is 0 Å². The van der Waals surface area contributed by atoms with Gasteiger partial charge in [0, 0.05) is 0 Å². The molecule has 0 saturated carbocycles. The Bertz CT molecular complexity index is 428. The van der Waals surface area contributed by atoms with Crippen molar-refractivity contribution < 1.29 is 37.8 Å². The molecule has 1 atom stereocenters. The molecule has 0 aromatic carbocycles. The van der Waals surface area contributed by atoms with Gasteiger partial charge in [-0.05, 0) is 0 Å². The van der Waals surface area contributed by atoms with E-state index in [9.17, 15) is 22.8 Å². The van der Waals surface area contributed by atoms with Gasteiger partial charge in [-0.2, -0.15) is 0 Å². The number of carboxylic acid groups (broad SMARTS) is 2. The summed E-state index contributed by atoms with van der Waals surface area (Å²) in [6.45, 7) is 0. The van der Waals surface area contributed by atoms with E-state index in [-0.39, 0.29) is 0 Å². The highest BCUT2D eigenvalue weighted by Gasteiger charge is 2.26. The number of carbonyl (C=O) groups excluding carboxylic acids is 1.